The Morgan fingerprint density at radius 2 is 1.43 bits per heavy atom. The molecule has 0 amide bonds. The predicted octanol–water partition coefficient (Wildman–Crippen LogP) is 4.11. The molecule has 114 valence electrons. The third-order valence-corrected chi connectivity index (χ3v) is 3.94. The number of benzene rings is 2. The summed E-state index contributed by atoms with van der Waals surface area (Å²) in [6, 6.07) is 13.9. The van der Waals surface area contributed by atoms with Gasteiger partial charge in [0, 0.05) is 11.4 Å². The van der Waals surface area contributed by atoms with Crippen molar-refractivity contribution in [1.82, 2.24) is 0 Å². The molecule has 0 saturated carbocycles. The maximum absolute atomic E-state index is 7.69. The average Bonchev–Trinajstić information content (AvgIpc) is 2.55. The van der Waals surface area contributed by atoms with E-state index >= 15 is 0 Å². The number of nitrogens with two attached hydrogens (primary N) is 2. The first-order valence-electron chi connectivity index (χ1n) is 7.46. The van der Waals surface area contributed by atoms with Crippen molar-refractivity contribution in [3.05, 3.63) is 89.0 Å². The second-order valence-corrected chi connectivity index (χ2v) is 5.65. The monoisotopic (exact) mass is 301 g/mol. The van der Waals surface area contributed by atoms with E-state index in [0.29, 0.717) is 5.71 Å². The van der Waals surface area contributed by atoms with Crippen molar-refractivity contribution < 1.29 is 0 Å². The van der Waals surface area contributed by atoms with E-state index in [4.69, 9.17) is 16.9 Å². The van der Waals surface area contributed by atoms with E-state index in [9.17, 15) is 0 Å². The zero-order valence-electron chi connectivity index (χ0n) is 13.0. The number of rotatable bonds is 2. The van der Waals surface area contributed by atoms with Gasteiger partial charge in [0.25, 0.3) is 0 Å². The predicted molar refractivity (Wildman–Crippen MR) is 98.5 cm³/mol. The highest BCUT2D eigenvalue weighted by Gasteiger charge is 2.12. The molecule has 5 N–H and O–H groups in total. The van der Waals surface area contributed by atoms with Crippen LogP contribution in [0, 0.1) is 12.3 Å². The summed E-state index contributed by atoms with van der Waals surface area (Å²) in [5.74, 6) is 0. The first-order valence-corrected chi connectivity index (χ1v) is 7.46. The van der Waals surface area contributed by atoms with Crippen molar-refractivity contribution in [1.29, 1.82) is 5.41 Å². The Morgan fingerprint density at radius 3 is 2.04 bits per heavy atom. The Hall–Kier alpha value is -3.07. The van der Waals surface area contributed by atoms with E-state index in [0.717, 1.165) is 39.2 Å². The lowest BCUT2D eigenvalue weighted by Gasteiger charge is -2.15. The summed E-state index contributed by atoms with van der Waals surface area (Å²) in [5, 5.41) is 7.69. The van der Waals surface area contributed by atoms with Gasteiger partial charge in [-0.3, -0.25) is 0 Å². The Morgan fingerprint density at radius 1 is 0.826 bits per heavy atom. The molecule has 0 heterocycles. The smallest absolute Gasteiger partial charge is 0.0540 e. The molecule has 3 rings (SSSR count). The third kappa shape index (κ3) is 3.09. The van der Waals surface area contributed by atoms with Crippen LogP contribution in [0.4, 0.5) is 11.4 Å². The highest BCUT2D eigenvalue weighted by atomic mass is 14.6. The molecule has 2 aromatic carbocycles. The van der Waals surface area contributed by atoms with Crippen LogP contribution in [0.25, 0.3) is 5.57 Å². The largest absolute Gasteiger partial charge is 0.399 e. The molecule has 3 heteroatoms. The number of hydrogen-bond acceptors (Lipinski definition) is 3. The van der Waals surface area contributed by atoms with Crippen molar-refractivity contribution in [3.63, 3.8) is 0 Å². The molecular weight excluding hydrogens is 282 g/mol. The molecule has 0 unspecified atom stereocenters. The van der Waals surface area contributed by atoms with Crippen molar-refractivity contribution in [2.45, 2.75) is 6.92 Å². The fourth-order valence-corrected chi connectivity index (χ4v) is 2.58. The zero-order valence-corrected chi connectivity index (χ0v) is 13.0. The van der Waals surface area contributed by atoms with Crippen molar-refractivity contribution in [3.8, 4) is 0 Å². The average molecular weight is 301 g/mol. The molecule has 0 aliphatic heterocycles. The molecule has 0 atom stereocenters. The fourth-order valence-electron chi connectivity index (χ4n) is 2.58. The number of nitrogens with one attached hydrogen (secondary N) is 1. The topological polar surface area (TPSA) is 75.9 Å². The zero-order chi connectivity index (χ0) is 16.4. The molecule has 0 aromatic heterocycles. The Labute approximate surface area is 136 Å². The molecule has 0 radical (unpaired) electrons. The van der Waals surface area contributed by atoms with Crippen molar-refractivity contribution in [2.24, 2.45) is 0 Å². The van der Waals surface area contributed by atoms with Crippen LogP contribution in [0.2, 0.25) is 0 Å². The van der Waals surface area contributed by atoms with E-state index < -0.39 is 0 Å². The minimum absolute atomic E-state index is 0.494. The Bertz CT molecular complexity index is 835. The molecule has 0 fully saturated rings. The summed E-state index contributed by atoms with van der Waals surface area (Å²) in [5.41, 5.74) is 19.2. The molecular formula is C20H19N3. The van der Waals surface area contributed by atoms with Crippen molar-refractivity contribution >= 4 is 22.7 Å². The van der Waals surface area contributed by atoms with E-state index in [2.05, 4.69) is 6.07 Å². The van der Waals surface area contributed by atoms with Crippen LogP contribution in [-0.2, 0) is 0 Å². The molecule has 23 heavy (non-hydrogen) atoms. The van der Waals surface area contributed by atoms with Gasteiger partial charge in [0.15, 0.2) is 0 Å². The minimum atomic E-state index is 0.494. The summed E-state index contributed by atoms with van der Waals surface area (Å²) in [6.07, 6.45) is 7.52. The summed E-state index contributed by atoms with van der Waals surface area (Å²) < 4.78 is 0. The van der Waals surface area contributed by atoms with Crippen molar-refractivity contribution in [2.75, 3.05) is 11.5 Å². The number of aryl methyl sites for hydroxylation is 1. The van der Waals surface area contributed by atoms with Gasteiger partial charge < -0.3 is 16.9 Å². The fraction of sp³-hybridized carbons (Fsp3) is 0.0500. The maximum Gasteiger partial charge on any atom is 0.0540 e. The van der Waals surface area contributed by atoms with E-state index in [1.165, 1.54) is 0 Å². The number of nitrogen functional groups attached to an aromatic ring is 2. The van der Waals surface area contributed by atoms with Gasteiger partial charge in [-0.25, -0.2) is 0 Å². The van der Waals surface area contributed by atoms with E-state index in [-0.39, 0.29) is 0 Å². The standard InChI is InChI=1S/C20H19N3/c1-13-2-3-16(12-19(13)23)20(14-4-8-17(21)9-5-14)15-6-10-18(22)11-7-15/h2-12,21H,22-23H2,1H3. The Balaban J connectivity index is 2.22. The number of allylic oxidation sites excluding steroid dienone is 5. The van der Waals surface area contributed by atoms with Gasteiger partial charge in [-0.2, -0.15) is 0 Å². The lowest BCUT2D eigenvalue weighted by molar-refractivity contribution is 1.43. The number of anilines is 2. The molecule has 0 saturated heterocycles. The summed E-state index contributed by atoms with van der Waals surface area (Å²) in [6.45, 7) is 2.00. The first-order chi connectivity index (χ1) is 11.0. The molecule has 0 bridgehead atoms. The molecule has 0 spiro atoms. The van der Waals surface area contributed by atoms with Gasteiger partial charge in [-0.1, -0.05) is 36.4 Å². The molecule has 1 aliphatic rings. The van der Waals surface area contributed by atoms with Gasteiger partial charge in [0.05, 0.1) is 5.71 Å². The summed E-state index contributed by atoms with van der Waals surface area (Å²) in [7, 11) is 0. The van der Waals surface area contributed by atoms with Crippen LogP contribution in [0.3, 0.4) is 0 Å². The van der Waals surface area contributed by atoms with E-state index in [1.54, 1.807) is 12.2 Å². The van der Waals surface area contributed by atoms with E-state index in [1.807, 2.05) is 55.5 Å². The summed E-state index contributed by atoms with van der Waals surface area (Å²) >= 11 is 0. The first kappa shape index (κ1) is 14.9. The second-order valence-electron chi connectivity index (χ2n) is 5.65. The lowest BCUT2D eigenvalue weighted by Crippen LogP contribution is -1.99. The van der Waals surface area contributed by atoms with Gasteiger partial charge in [0.2, 0.25) is 0 Å². The van der Waals surface area contributed by atoms with Crippen LogP contribution >= 0.6 is 0 Å². The number of hydrogen-bond donors (Lipinski definition) is 3. The lowest BCUT2D eigenvalue weighted by atomic mass is 9.90. The Kier molecular flexibility index (Phi) is 3.85. The molecule has 3 nitrogen and oxygen atoms in total. The van der Waals surface area contributed by atoms with Crippen LogP contribution in [0.5, 0.6) is 0 Å². The SMILES string of the molecule is Cc1ccc(C(=C2C=CC(=N)C=C2)c2ccc(N)cc2)cc1N. The van der Waals surface area contributed by atoms with Crippen LogP contribution in [-0.4, -0.2) is 5.71 Å². The normalized spacial score (nSPS) is 13.4. The van der Waals surface area contributed by atoms with Gasteiger partial charge in [0.1, 0.15) is 0 Å². The molecule has 1 aliphatic carbocycles. The third-order valence-electron chi connectivity index (χ3n) is 3.94. The van der Waals surface area contributed by atoms with Gasteiger partial charge in [-0.15, -0.1) is 0 Å². The maximum atomic E-state index is 7.69. The molecule has 2 aromatic rings. The highest BCUT2D eigenvalue weighted by molar-refractivity contribution is 6.05. The van der Waals surface area contributed by atoms with Crippen LogP contribution in [0.15, 0.2) is 72.3 Å². The summed E-state index contributed by atoms with van der Waals surface area (Å²) in [4.78, 5) is 0. The minimum Gasteiger partial charge on any atom is -0.399 e. The van der Waals surface area contributed by atoms with Gasteiger partial charge >= 0.3 is 0 Å². The second kappa shape index (κ2) is 5.97. The highest BCUT2D eigenvalue weighted by Crippen LogP contribution is 2.31. The quantitative estimate of drug-likeness (QED) is 0.730. The van der Waals surface area contributed by atoms with Gasteiger partial charge in [-0.05, 0) is 65.1 Å². The van der Waals surface area contributed by atoms with Crippen LogP contribution in [0.1, 0.15) is 16.7 Å². The van der Waals surface area contributed by atoms with Crippen LogP contribution < -0.4 is 11.5 Å².